The van der Waals surface area contributed by atoms with Gasteiger partial charge in [0.25, 0.3) is 0 Å². The molecule has 100 valence electrons. The first kappa shape index (κ1) is 14.3. The zero-order valence-corrected chi connectivity index (χ0v) is 10.9. The van der Waals surface area contributed by atoms with Crippen LogP contribution >= 0.6 is 0 Å². The van der Waals surface area contributed by atoms with Crippen molar-refractivity contribution in [2.75, 3.05) is 26.8 Å². The Labute approximate surface area is 104 Å². The Hall–Kier alpha value is -0.810. The predicted octanol–water partition coefficient (Wildman–Crippen LogP) is 1.01. The molecule has 0 saturated heterocycles. The molecule has 0 bridgehead atoms. The second-order valence-corrected chi connectivity index (χ2v) is 4.59. The Morgan fingerprint density at radius 1 is 1.41 bits per heavy atom. The number of hydrazine groups is 1. The highest BCUT2D eigenvalue weighted by atomic mass is 16.5. The van der Waals surface area contributed by atoms with Crippen molar-refractivity contribution in [3.8, 4) is 0 Å². The molecule has 4 N–H and O–H groups in total. The molecule has 0 aromatic carbocycles. The van der Waals surface area contributed by atoms with Crippen LogP contribution < -0.4 is 16.6 Å². The molecule has 0 atom stereocenters. The average Bonchev–Trinajstić information content (AvgIpc) is 2.85. The van der Waals surface area contributed by atoms with Crippen LogP contribution in [0.25, 0.3) is 0 Å². The number of nitrogens with two attached hydrogens (primary N) is 1. The maximum absolute atomic E-state index is 5.41. The van der Waals surface area contributed by atoms with Crippen LogP contribution in [0.15, 0.2) is 4.99 Å². The smallest absolute Gasteiger partial charge is 0.205 e. The normalized spacial score (nSPS) is 17.4. The summed E-state index contributed by atoms with van der Waals surface area (Å²) in [6.07, 6.45) is 7.72. The van der Waals surface area contributed by atoms with E-state index in [1.807, 2.05) is 0 Å². The Morgan fingerprint density at radius 2 is 2.18 bits per heavy atom. The van der Waals surface area contributed by atoms with E-state index in [1.165, 1.54) is 32.1 Å². The molecule has 1 aliphatic rings. The van der Waals surface area contributed by atoms with Crippen LogP contribution in [0.3, 0.4) is 0 Å². The molecule has 0 heterocycles. The SMILES string of the molecule is COCCCN=C(NN)NCCC1CCCC1. The molecule has 1 rings (SSSR count). The fourth-order valence-electron chi connectivity index (χ4n) is 2.25. The van der Waals surface area contributed by atoms with Gasteiger partial charge >= 0.3 is 0 Å². The van der Waals surface area contributed by atoms with Crippen LogP contribution in [0.2, 0.25) is 0 Å². The van der Waals surface area contributed by atoms with Crippen LogP contribution in [0.1, 0.15) is 38.5 Å². The van der Waals surface area contributed by atoms with Gasteiger partial charge in [-0.15, -0.1) is 0 Å². The van der Waals surface area contributed by atoms with Crippen molar-refractivity contribution in [1.29, 1.82) is 0 Å². The molecule has 17 heavy (non-hydrogen) atoms. The van der Waals surface area contributed by atoms with Crippen LogP contribution in [-0.2, 0) is 4.74 Å². The molecule has 0 radical (unpaired) electrons. The predicted molar refractivity (Wildman–Crippen MR) is 70.7 cm³/mol. The maximum Gasteiger partial charge on any atom is 0.205 e. The van der Waals surface area contributed by atoms with Crippen LogP contribution in [0.4, 0.5) is 0 Å². The van der Waals surface area contributed by atoms with Gasteiger partial charge in [0.2, 0.25) is 5.96 Å². The number of nitrogens with one attached hydrogen (secondary N) is 2. The molecular formula is C12H26N4O. The summed E-state index contributed by atoms with van der Waals surface area (Å²) < 4.78 is 4.96. The van der Waals surface area contributed by atoms with Gasteiger partial charge in [-0.2, -0.15) is 0 Å². The Balaban J connectivity index is 2.08. The van der Waals surface area contributed by atoms with Crippen molar-refractivity contribution < 1.29 is 4.74 Å². The molecule has 1 saturated carbocycles. The second kappa shape index (κ2) is 9.24. The van der Waals surface area contributed by atoms with Crippen LogP contribution in [-0.4, -0.2) is 32.8 Å². The average molecular weight is 242 g/mol. The summed E-state index contributed by atoms with van der Waals surface area (Å²) in [6, 6.07) is 0. The number of ether oxygens (including phenoxy) is 1. The number of methoxy groups -OCH3 is 1. The molecular weight excluding hydrogens is 216 g/mol. The van der Waals surface area contributed by atoms with Gasteiger partial charge in [-0.25, -0.2) is 5.84 Å². The van der Waals surface area contributed by atoms with E-state index in [1.54, 1.807) is 7.11 Å². The quantitative estimate of drug-likeness (QED) is 0.205. The molecule has 1 aliphatic carbocycles. The standard InChI is InChI=1S/C12H26N4O/c1-17-10-4-8-14-12(16-13)15-9-7-11-5-2-3-6-11/h11H,2-10,13H2,1H3,(H2,14,15,16). The van der Waals surface area contributed by atoms with Gasteiger partial charge in [0.15, 0.2) is 0 Å². The molecule has 5 nitrogen and oxygen atoms in total. The van der Waals surface area contributed by atoms with Crippen molar-refractivity contribution in [3.63, 3.8) is 0 Å². The molecule has 0 aromatic heterocycles. The van der Waals surface area contributed by atoms with Crippen LogP contribution in [0.5, 0.6) is 0 Å². The Kier molecular flexibility index (Phi) is 7.75. The summed E-state index contributed by atoms with van der Waals surface area (Å²) >= 11 is 0. The molecule has 0 aliphatic heterocycles. The van der Waals surface area contributed by atoms with Gasteiger partial charge in [-0.05, 0) is 18.8 Å². The van der Waals surface area contributed by atoms with Gasteiger partial charge < -0.3 is 10.1 Å². The van der Waals surface area contributed by atoms with Gasteiger partial charge in [0, 0.05) is 26.8 Å². The summed E-state index contributed by atoms with van der Waals surface area (Å²) in [5.74, 6) is 7.00. The minimum atomic E-state index is 0.694. The van der Waals surface area contributed by atoms with E-state index in [2.05, 4.69) is 15.7 Å². The van der Waals surface area contributed by atoms with Gasteiger partial charge in [-0.3, -0.25) is 10.4 Å². The van der Waals surface area contributed by atoms with Gasteiger partial charge in [0.1, 0.15) is 0 Å². The second-order valence-electron chi connectivity index (χ2n) is 4.59. The summed E-state index contributed by atoms with van der Waals surface area (Å²) in [5, 5.41) is 3.25. The lowest BCUT2D eigenvalue weighted by Crippen LogP contribution is -2.42. The molecule has 1 fully saturated rings. The van der Waals surface area contributed by atoms with Crippen molar-refractivity contribution in [3.05, 3.63) is 0 Å². The number of hydrogen-bond donors (Lipinski definition) is 3. The number of hydrogen-bond acceptors (Lipinski definition) is 3. The molecule has 0 spiro atoms. The number of guanidine groups is 1. The van der Waals surface area contributed by atoms with Crippen molar-refractivity contribution in [2.45, 2.75) is 38.5 Å². The summed E-state index contributed by atoms with van der Waals surface area (Å²) in [5.41, 5.74) is 2.60. The van der Waals surface area contributed by atoms with E-state index in [4.69, 9.17) is 10.6 Å². The third-order valence-corrected chi connectivity index (χ3v) is 3.23. The minimum absolute atomic E-state index is 0.694. The highest BCUT2D eigenvalue weighted by Gasteiger charge is 2.14. The lowest BCUT2D eigenvalue weighted by molar-refractivity contribution is 0.197. The first-order chi connectivity index (χ1) is 8.36. The van der Waals surface area contributed by atoms with E-state index in [-0.39, 0.29) is 0 Å². The third kappa shape index (κ3) is 6.48. The number of rotatable bonds is 7. The number of aliphatic imine (C=N–C) groups is 1. The molecule has 0 amide bonds. The summed E-state index contributed by atoms with van der Waals surface area (Å²) in [6.45, 7) is 2.44. The highest BCUT2D eigenvalue weighted by molar-refractivity contribution is 5.79. The maximum atomic E-state index is 5.41. The Bertz CT molecular complexity index is 215. The molecule has 5 heteroatoms. The Morgan fingerprint density at radius 3 is 2.82 bits per heavy atom. The van der Waals surface area contributed by atoms with Crippen molar-refractivity contribution >= 4 is 5.96 Å². The van der Waals surface area contributed by atoms with Crippen molar-refractivity contribution in [2.24, 2.45) is 16.8 Å². The monoisotopic (exact) mass is 242 g/mol. The lowest BCUT2D eigenvalue weighted by atomic mass is 10.0. The zero-order valence-electron chi connectivity index (χ0n) is 10.9. The summed E-state index contributed by atoms with van der Waals surface area (Å²) in [4.78, 5) is 4.33. The third-order valence-electron chi connectivity index (χ3n) is 3.23. The topological polar surface area (TPSA) is 71.7 Å². The van der Waals surface area contributed by atoms with E-state index in [0.29, 0.717) is 5.96 Å². The number of nitrogens with zero attached hydrogens (tertiary/aromatic N) is 1. The lowest BCUT2D eigenvalue weighted by Gasteiger charge is -2.12. The van der Waals surface area contributed by atoms with E-state index < -0.39 is 0 Å². The zero-order chi connectivity index (χ0) is 12.3. The van der Waals surface area contributed by atoms with E-state index in [9.17, 15) is 0 Å². The summed E-state index contributed by atoms with van der Waals surface area (Å²) in [7, 11) is 1.70. The first-order valence-corrected chi connectivity index (χ1v) is 6.60. The van der Waals surface area contributed by atoms with E-state index >= 15 is 0 Å². The molecule has 0 unspecified atom stereocenters. The van der Waals surface area contributed by atoms with Gasteiger partial charge in [-0.1, -0.05) is 25.7 Å². The first-order valence-electron chi connectivity index (χ1n) is 6.60. The minimum Gasteiger partial charge on any atom is -0.385 e. The fourth-order valence-corrected chi connectivity index (χ4v) is 2.25. The molecule has 0 aromatic rings. The highest BCUT2D eigenvalue weighted by Crippen LogP contribution is 2.26. The van der Waals surface area contributed by atoms with Crippen molar-refractivity contribution in [1.82, 2.24) is 10.7 Å². The van der Waals surface area contributed by atoms with E-state index in [0.717, 1.165) is 32.0 Å². The fraction of sp³-hybridized carbons (Fsp3) is 0.917. The van der Waals surface area contributed by atoms with Crippen LogP contribution in [0, 0.1) is 5.92 Å². The largest absolute Gasteiger partial charge is 0.385 e. The van der Waals surface area contributed by atoms with Gasteiger partial charge in [0.05, 0.1) is 0 Å².